The molecule has 0 amide bonds. The van der Waals surface area contributed by atoms with Gasteiger partial charge in [-0.25, -0.2) is 9.48 Å². The molecular formula is C21H21BrN2O4. The number of nitrogens with zero attached hydrogens (tertiary/aromatic N) is 2. The Morgan fingerprint density at radius 3 is 2.71 bits per heavy atom. The van der Waals surface area contributed by atoms with E-state index < -0.39 is 5.97 Å². The number of carbonyl (C=O) groups is 1. The lowest BCUT2D eigenvalue weighted by Gasteiger charge is -2.11. The van der Waals surface area contributed by atoms with Gasteiger partial charge in [-0.2, -0.15) is 5.10 Å². The second-order valence-electron chi connectivity index (χ2n) is 6.17. The maximum atomic E-state index is 11.2. The monoisotopic (exact) mass is 444 g/mol. The molecule has 0 atom stereocenters. The van der Waals surface area contributed by atoms with Gasteiger partial charge in [-0.3, -0.25) is 0 Å². The van der Waals surface area contributed by atoms with Crippen molar-refractivity contribution in [3.63, 3.8) is 0 Å². The van der Waals surface area contributed by atoms with E-state index in [2.05, 4.69) is 21.0 Å². The van der Waals surface area contributed by atoms with Gasteiger partial charge in [-0.05, 0) is 49.7 Å². The fourth-order valence-electron chi connectivity index (χ4n) is 2.79. The Labute approximate surface area is 171 Å². The number of benzene rings is 2. The van der Waals surface area contributed by atoms with Crippen LogP contribution in [-0.2, 0) is 6.54 Å². The van der Waals surface area contributed by atoms with E-state index in [1.165, 1.54) is 0 Å². The van der Waals surface area contributed by atoms with Gasteiger partial charge in [0.1, 0.15) is 12.4 Å². The zero-order chi connectivity index (χ0) is 20.1. The number of hydrogen-bond acceptors (Lipinski definition) is 4. The number of hydrogen-bond donors (Lipinski definition) is 1. The molecule has 0 aliphatic carbocycles. The minimum atomic E-state index is -0.968. The first-order chi connectivity index (χ1) is 13.5. The molecule has 0 bridgehead atoms. The molecule has 3 aromatic rings. The van der Waals surface area contributed by atoms with Crippen molar-refractivity contribution in [1.82, 2.24) is 9.78 Å². The number of carboxylic acid groups (broad SMARTS) is 1. The first-order valence-corrected chi connectivity index (χ1v) is 9.70. The van der Waals surface area contributed by atoms with Gasteiger partial charge in [0.2, 0.25) is 5.88 Å². The first-order valence-electron chi connectivity index (χ1n) is 8.91. The van der Waals surface area contributed by atoms with E-state index in [-0.39, 0.29) is 5.56 Å². The number of aryl methyl sites for hydroxylation is 1. The van der Waals surface area contributed by atoms with Crippen molar-refractivity contribution in [3.05, 3.63) is 64.1 Å². The summed E-state index contributed by atoms with van der Waals surface area (Å²) in [4.78, 5) is 11.2. The highest BCUT2D eigenvalue weighted by molar-refractivity contribution is 9.10. The summed E-state index contributed by atoms with van der Waals surface area (Å²) in [5.74, 6) is 0.474. The molecule has 1 N–H and O–H groups in total. The van der Waals surface area contributed by atoms with E-state index >= 15 is 0 Å². The maximum Gasteiger partial charge on any atom is 0.335 e. The molecule has 0 radical (unpaired) electrons. The van der Waals surface area contributed by atoms with Gasteiger partial charge < -0.3 is 14.6 Å². The molecule has 3 rings (SSSR count). The Kier molecular flexibility index (Phi) is 6.36. The van der Waals surface area contributed by atoms with Crippen LogP contribution in [0, 0.1) is 6.92 Å². The van der Waals surface area contributed by atoms with Crippen LogP contribution in [0.1, 0.15) is 22.8 Å². The largest absolute Gasteiger partial charge is 0.491 e. The summed E-state index contributed by atoms with van der Waals surface area (Å²) in [5.41, 5.74) is 2.65. The summed E-state index contributed by atoms with van der Waals surface area (Å²) < 4.78 is 14.3. The van der Waals surface area contributed by atoms with E-state index in [1.807, 2.05) is 44.2 Å². The molecule has 6 nitrogen and oxygen atoms in total. The van der Waals surface area contributed by atoms with Crippen LogP contribution in [-0.4, -0.2) is 34.1 Å². The summed E-state index contributed by atoms with van der Waals surface area (Å²) >= 11 is 3.44. The molecule has 0 saturated carbocycles. The van der Waals surface area contributed by atoms with Crippen LogP contribution in [0.4, 0.5) is 0 Å². The van der Waals surface area contributed by atoms with Crippen molar-refractivity contribution in [2.75, 3.05) is 13.2 Å². The van der Waals surface area contributed by atoms with Gasteiger partial charge in [0.15, 0.2) is 0 Å². The molecule has 1 heterocycles. The molecule has 0 aliphatic rings. The molecule has 1 aromatic heterocycles. The highest BCUT2D eigenvalue weighted by atomic mass is 79.9. The zero-order valence-electron chi connectivity index (χ0n) is 15.7. The summed E-state index contributed by atoms with van der Waals surface area (Å²) in [6.07, 6.45) is 0. The normalized spacial score (nSPS) is 10.7. The smallest absolute Gasteiger partial charge is 0.335 e. The van der Waals surface area contributed by atoms with Gasteiger partial charge in [-0.1, -0.05) is 28.1 Å². The van der Waals surface area contributed by atoms with Crippen molar-refractivity contribution in [2.24, 2.45) is 0 Å². The first kappa shape index (κ1) is 19.9. The predicted octanol–water partition coefficient (Wildman–Crippen LogP) is 4.80. The highest BCUT2D eigenvalue weighted by Crippen LogP contribution is 2.25. The molecule has 146 valence electrons. The van der Waals surface area contributed by atoms with Gasteiger partial charge in [0.25, 0.3) is 0 Å². The van der Waals surface area contributed by atoms with Crippen molar-refractivity contribution >= 4 is 21.9 Å². The van der Waals surface area contributed by atoms with Crippen LogP contribution in [0.5, 0.6) is 11.6 Å². The Morgan fingerprint density at radius 1 is 1.18 bits per heavy atom. The van der Waals surface area contributed by atoms with Crippen LogP contribution >= 0.6 is 15.9 Å². The number of aromatic nitrogens is 2. The predicted molar refractivity (Wildman–Crippen MR) is 110 cm³/mol. The Morgan fingerprint density at radius 2 is 2.00 bits per heavy atom. The maximum absolute atomic E-state index is 11.2. The van der Waals surface area contributed by atoms with E-state index in [0.717, 1.165) is 21.3 Å². The van der Waals surface area contributed by atoms with Crippen molar-refractivity contribution < 1.29 is 19.4 Å². The van der Waals surface area contributed by atoms with Crippen LogP contribution < -0.4 is 9.47 Å². The molecule has 0 spiro atoms. The van der Waals surface area contributed by atoms with Gasteiger partial charge >= 0.3 is 5.97 Å². The number of ether oxygens (including phenoxy) is 2. The zero-order valence-corrected chi connectivity index (χ0v) is 17.3. The lowest BCUT2D eigenvalue weighted by molar-refractivity contribution is 0.0697. The molecular weight excluding hydrogens is 424 g/mol. The van der Waals surface area contributed by atoms with Crippen molar-refractivity contribution in [2.45, 2.75) is 20.4 Å². The van der Waals surface area contributed by atoms with E-state index in [9.17, 15) is 9.90 Å². The fourth-order valence-corrected chi connectivity index (χ4v) is 3.27. The molecule has 0 unspecified atom stereocenters. The highest BCUT2D eigenvalue weighted by Gasteiger charge is 2.13. The van der Waals surface area contributed by atoms with Crippen molar-refractivity contribution in [1.29, 1.82) is 0 Å². The third kappa shape index (κ3) is 4.72. The topological polar surface area (TPSA) is 73.6 Å². The quantitative estimate of drug-likeness (QED) is 0.540. The summed E-state index contributed by atoms with van der Waals surface area (Å²) in [5, 5.41) is 13.8. The van der Waals surface area contributed by atoms with E-state index in [0.29, 0.717) is 31.3 Å². The Bertz CT molecular complexity index is 984. The second kappa shape index (κ2) is 8.93. The minimum Gasteiger partial charge on any atom is -0.491 e. The van der Waals surface area contributed by atoms with E-state index in [4.69, 9.17) is 9.47 Å². The number of aromatic carboxylic acids is 1. The SMILES string of the molecule is CCOc1cc(-c2cccc(C(=O)O)c2)nn1CCOc1ccc(Br)cc1C. The third-order valence-electron chi connectivity index (χ3n) is 4.14. The average molecular weight is 445 g/mol. The second-order valence-corrected chi connectivity index (χ2v) is 7.08. The summed E-state index contributed by atoms with van der Waals surface area (Å²) in [6.45, 7) is 5.34. The molecule has 28 heavy (non-hydrogen) atoms. The number of rotatable bonds is 8. The van der Waals surface area contributed by atoms with E-state index in [1.54, 1.807) is 22.9 Å². The number of carboxylic acids is 1. The van der Waals surface area contributed by atoms with Crippen molar-refractivity contribution in [3.8, 4) is 22.9 Å². The van der Waals surface area contributed by atoms with Gasteiger partial charge in [-0.15, -0.1) is 0 Å². The molecule has 0 fully saturated rings. The Balaban J connectivity index is 1.77. The lowest BCUT2D eigenvalue weighted by atomic mass is 10.1. The lowest BCUT2D eigenvalue weighted by Crippen LogP contribution is -2.12. The van der Waals surface area contributed by atoms with Crippen LogP contribution in [0.25, 0.3) is 11.3 Å². The molecule has 2 aromatic carbocycles. The molecule has 0 aliphatic heterocycles. The van der Waals surface area contributed by atoms with Crippen LogP contribution in [0.3, 0.4) is 0 Å². The summed E-state index contributed by atoms with van der Waals surface area (Å²) in [6, 6.07) is 14.4. The Hall–Kier alpha value is -2.80. The standard InChI is InChI=1S/C21H21BrN2O4/c1-3-27-20-13-18(15-5-4-6-16(12-15)21(25)26)23-24(20)9-10-28-19-8-7-17(22)11-14(19)2/h4-8,11-13H,3,9-10H2,1-2H3,(H,25,26). The third-order valence-corrected chi connectivity index (χ3v) is 4.63. The average Bonchev–Trinajstić information content (AvgIpc) is 3.07. The van der Waals surface area contributed by atoms with Crippen LogP contribution in [0.15, 0.2) is 53.0 Å². The van der Waals surface area contributed by atoms with Crippen LogP contribution in [0.2, 0.25) is 0 Å². The molecule has 0 saturated heterocycles. The van der Waals surface area contributed by atoms with Gasteiger partial charge in [0.05, 0.1) is 24.4 Å². The van der Waals surface area contributed by atoms with Gasteiger partial charge in [0, 0.05) is 16.1 Å². The fraction of sp³-hybridized carbons (Fsp3) is 0.238. The minimum absolute atomic E-state index is 0.221. The summed E-state index contributed by atoms with van der Waals surface area (Å²) in [7, 11) is 0. The number of halogens is 1. The molecule has 7 heteroatoms.